The molecule has 86 valence electrons. The zero-order chi connectivity index (χ0) is 12.1. The van der Waals surface area contributed by atoms with Gasteiger partial charge in [-0.05, 0) is 18.1 Å². The summed E-state index contributed by atoms with van der Waals surface area (Å²) in [6.07, 6.45) is 0. The molecule has 1 atom stereocenters. The summed E-state index contributed by atoms with van der Waals surface area (Å²) < 4.78 is 0. The highest BCUT2D eigenvalue weighted by molar-refractivity contribution is 5.61. The van der Waals surface area contributed by atoms with Crippen LogP contribution in [0.5, 0.6) is 0 Å². The Morgan fingerprint density at radius 2 is 1.47 bits per heavy atom. The Morgan fingerprint density at radius 1 is 0.941 bits per heavy atom. The molecule has 1 nitrogen and oxygen atoms in total. The Hall–Kier alpha value is -2.02. The number of hydrogen-bond donors (Lipinski definition) is 1. The van der Waals surface area contributed by atoms with Gasteiger partial charge in [0.25, 0.3) is 0 Å². The molecule has 1 heteroatoms. The predicted molar refractivity (Wildman–Crippen MR) is 73.5 cm³/mol. The molecule has 0 fully saturated rings. The van der Waals surface area contributed by atoms with Crippen molar-refractivity contribution in [3.63, 3.8) is 0 Å². The second kappa shape index (κ2) is 5.35. The fraction of sp³-hybridized carbons (Fsp3) is 0.125. The van der Waals surface area contributed by atoms with Crippen LogP contribution >= 0.6 is 0 Å². The molecule has 0 bridgehead atoms. The molecule has 0 aliphatic rings. The maximum Gasteiger partial charge on any atom is 0.0485 e. The van der Waals surface area contributed by atoms with E-state index in [0.717, 1.165) is 11.3 Å². The highest BCUT2D eigenvalue weighted by Gasteiger charge is 2.05. The van der Waals surface area contributed by atoms with E-state index < -0.39 is 0 Å². The monoisotopic (exact) mass is 223 g/mol. The third-order valence-corrected chi connectivity index (χ3v) is 2.81. The van der Waals surface area contributed by atoms with Crippen molar-refractivity contribution in [3.8, 4) is 0 Å². The van der Waals surface area contributed by atoms with Crippen LogP contribution in [0, 0.1) is 0 Å². The Balaban J connectivity index is 2.05. The van der Waals surface area contributed by atoms with Crippen LogP contribution in [0.1, 0.15) is 24.1 Å². The summed E-state index contributed by atoms with van der Waals surface area (Å²) in [5, 5.41) is 3.42. The van der Waals surface area contributed by atoms with E-state index in [9.17, 15) is 0 Å². The van der Waals surface area contributed by atoms with Gasteiger partial charge in [0.1, 0.15) is 0 Å². The largest absolute Gasteiger partial charge is 0.379 e. The van der Waals surface area contributed by atoms with Gasteiger partial charge in [0, 0.05) is 11.7 Å². The van der Waals surface area contributed by atoms with Crippen molar-refractivity contribution in [3.05, 3.63) is 78.4 Å². The highest BCUT2D eigenvalue weighted by Crippen LogP contribution is 2.17. The van der Waals surface area contributed by atoms with Crippen LogP contribution in [0.2, 0.25) is 0 Å². The average Bonchev–Trinajstić information content (AvgIpc) is 2.40. The fourth-order valence-electron chi connectivity index (χ4n) is 1.81. The summed E-state index contributed by atoms with van der Waals surface area (Å²) >= 11 is 0. The summed E-state index contributed by atoms with van der Waals surface area (Å²) in [5.74, 6) is 0. The third kappa shape index (κ3) is 2.97. The van der Waals surface area contributed by atoms with Crippen LogP contribution in [0.3, 0.4) is 0 Å². The van der Waals surface area contributed by atoms with Crippen molar-refractivity contribution in [2.75, 3.05) is 0 Å². The van der Waals surface area contributed by atoms with Crippen molar-refractivity contribution in [2.24, 2.45) is 0 Å². The van der Waals surface area contributed by atoms with Gasteiger partial charge in [-0.25, -0.2) is 0 Å². The minimum absolute atomic E-state index is 0.268. The Bertz CT molecular complexity index is 473. The van der Waals surface area contributed by atoms with Crippen LogP contribution < -0.4 is 5.32 Å². The lowest BCUT2D eigenvalue weighted by atomic mass is 10.1. The van der Waals surface area contributed by atoms with E-state index in [-0.39, 0.29) is 6.04 Å². The Labute approximate surface area is 103 Å². The second-order valence-corrected chi connectivity index (χ2v) is 4.12. The first-order valence-corrected chi connectivity index (χ1v) is 5.83. The summed E-state index contributed by atoms with van der Waals surface area (Å²) in [4.78, 5) is 0. The van der Waals surface area contributed by atoms with E-state index in [0.29, 0.717) is 0 Å². The quantitative estimate of drug-likeness (QED) is 0.825. The number of rotatable bonds is 4. The van der Waals surface area contributed by atoms with Crippen LogP contribution in [-0.4, -0.2) is 0 Å². The van der Waals surface area contributed by atoms with Crippen molar-refractivity contribution in [2.45, 2.75) is 13.0 Å². The molecule has 0 aliphatic heterocycles. The molecule has 0 aliphatic carbocycles. The van der Waals surface area contributed by atoms with Gasteiger partial charge in [-0.3, -0.25) is 0 Å². The Kier molecular flexibility index (Phi) is 3.61. The minimum atomic E-state index is 0.268. The molecule has 0 heterocycles. The lowest BCUT2D eigenvalue weighted by Crippen LogP contribution is -2.16. The predicted octanol–water partition coefficient (Wildman–Crippen LogP) is 4.01. The number of hydrogen-bond acceptors (Lipinski definition) is 1. The normalized spacial score (nSPS) is 11.8. The molecule has 0 saturated carbocycles. The molecular formula is C16H17N. The summed E-state index contributed by atoms with van der Waals surface area (Å²) in [5.41, 5.74) is 3.36. The van der Waals surface area contributed by atoms with Crippen LogP contribution in [0.25, 0.3) is 5.70 Å². The van der Waals surface area contributed by atoms with Crippen molar-refractivity contribution in [1.29, 1.82) is 0 Å². The highest BCUT2D eigenvalue weighted by atomic mass is 14.9. The van der Waals surface area contributed by atoms with Gasteiger partial charge in [-0.2, -0.15) is 0 Å². The summed E-state index contributed by atoms with van der Waals surface area (Å²) in [6, 6.07) is 20.8. The molecule has 2 aromatic carbocycles. The average molecular weight is 223 g/mol. The van der Waals surface area contributed by atoms with E-state index in [2.05, 4.69) is 55.2 Å². The lowest BCUT2D eigenvalue weighted by Gasteiger charge is -2.17. The summed E-state index contributed by atoms with van der Waals surface area (Å²) in [7, 11) is 0. The minimum Gasteiger partial charge on any atom is -0.379 e. The van der Waals surface area contributed by atoms with Gasteiger partial charge < -0.3 is 5.32 Å². The first kappa shape index (κ1) is 11.5. The van der Waals surface area contributed by atoms with Crippen molar-refractivity contribution >= 4 is 5.70 Å². The van der Waals surface area contributed by atoms with E-state index in [1.807, 2.05) is 24.3 Å². The molecule has 2 rings (SSSR count). The van der Waals surface area contributed by atoms with Crippen molar-refractivity contribution in [1.82, 2.24) is 5.32 Å². The van der Waals surface area contributed by atoms with Gasteiger partial charge in [0.15, 0.2) is 0 Å². The van der Waals surface area contributed by atoms with E-state index in [1.54, 1.807) is 0 Å². The second-order valence-electron chi connectivity index (χ2n) is 4.12. The van der Waals surface area contributed by atoms with E-state index >= 15 is 0 Å². The van der Waals surface area contributed by atoms with Gasteiger partial charge in [0.2, 0.25) is 0 Å². The smallest absolute Gasteiger partial charge is 0.0485 e. The lowest BCUT2D eigenvalue weighted by molar-refractivity contribution is 0.702. The van der Waals surface area contributed by atoms with Crippen molar-refractivity contribution < 1.29 is 0 Å². The number of benzene rings is 2. The van der Waals surface area contributed by atoms with Crippen LogP contribution in [0.4, 0.5) is 0 Å². The molecule has 0 amide bonds. The maximum atomic E-state index is 4.08. The standard InChI is InChI=1S/C16H17N/c1-13(15-9-5-3-6-10-15)17-14(2)16-11-7-4-8-12-16/h3-12,14,17H,1H2,2H3/t14-/m1/s1. The molecule has 0 spiro atoms. The molecule has 0 aromatic heterocycles. The van der Waals surface area contributed by atoms with Crippen LogP contribution in [0.15, 0.2) is 67.2 Å². The third-order valence-electron chi connectivity index (χ3n) is 2.81. The van der Waals surface area contributed by atoms with Gasteiger partial charge in [0.05, 0.1) is 0 Å². The first-order valence-electron chi connectivity index (χ1n) is 5.83. The Morgan fingerprint density at radius 3 is 2.06 bits per heavy atom. The first-order chi connectivity index (χ1) is 8.27. The zero-order valence-electron chi connectivity index (χ0n) is 10.1. The molecule has 0 radical (unpaired) electrons. The molecule has 1 N–H and O–H groups in total. The molecule has 0 unspecified atom stereocenters. The summed E-state index contributed by atoms with van der Waals surface area (Å²) in [6.45, 7) is 6.22. The molecule has 17 heavy (non-hydrogen) atoms. The molecular weight excluding hydrogens is 206 g/mol. The van der Waals surface area contributed by atoms with Gasteiger partial charge in [-0.1, -0.05) is 67.2 Å². The number of nitrogens with one attached hydrogen (secondary N) is 1. The molecule has 2 aromatic rings. The van der Waals surface area contributed by atoms with Gasteiger partial charge in [-0.15, -0.1) is 0 Å². The van der Waals surface area contributed by atoms with E-state index in [4.69, 9.17) is 0 Å². The van der Waals surface area contributed by atoms with Crippen LogP contribution in [-0.2, 0) is 0 Å². The fourth-order valence-corrected chi connectivity index (χ4v) is 1.81. The van der Waals surface area contributed by atoms with Gasteiger partial charge >= 0.3 is 0 Å². The molecule has 0 saturated heterocycles. The maximum absolute atomic E-state index is 4.08. The topological polar surface area (TPSA) is 12.0 Å². The SMILES string of the molecule is C=C(N[C@H](C)c1ccccc1)c1ccccc1. The van der Waals surface area contributed by atoms with E-state index in [1.165, 1.54) is 5.56 Å². The zero-order valence-corrected chi connectivity index (χ0v) is 10.1.